The van der Waals surface area contributed by atoms with E-state index in [1.54, 1.807) is 0 Å². The quantitative estimate of drug-likeness (QED) is 0.909. The summed E-state index contributed by atoms with van der Waals surface area (Å²) in [5.74, 6) is 1.68. The standard InChI is InChI=1S/C13H22N4O2.ClH/c1-9(2)13-15-11(19-16-13)4-5-12(18)17-7-6-14-8-10(17)3;/h9-10,14H,4-8H2,1-3H3;1H. The van der Waals surface area contributed by atoms with E-state index in [4.69, 9.17) is 4.52 Å². The van der Waals surface area contributed by atoms with Gasteiger partial charge in [0.1, 0.15) is 0 Å². The molecule has 1 saturated heterocycles. The number of hydrogen-bond acceptors (Lipinski definition) is 5. The van der Waals surface area contributed by atoms with E-state index in [1.807, 2.05) is 18.7 Å². The van der Waals surface area contributed by atoms with Crippen LogP contribution in [0.2, 0.25) is 0 Å². The van der Waals surface area contributed by atoms with Crippen molar-refractivity contribution in [1.29, 1.82) is 0 Å². The van der Waals surface area contributed by atoms with Crippen molar-refractivity contribution in [2.45, 2.75) is 45.6 Å². The molecule has 1 aliphatic rings. The first-order valence-electron chi connectivity index (χ1n) is 6.90. The minimum Gasteiger partial charge on any atom is -0.339 e. The Morgan fingerprint density at radius 3 is 2.90 bits per heavy atom. The van der Waals surface area contributed by atoms with Crippen molar-refractivity contribution in [2.75, 3.05) is 19.6 Å². The Labute approximate surface area is 125 Å². The zero-order valence-electron chi connectivity index (χ0n) is 12.3. The Hall–Kier alpha value is -1.14. The van der Waals surface area contributed by atoms with Crippen LogP contribution in [0.5, 0.6) is 0 Å². The summed E-state index contributed by atoms with van der Waals surface area (Å²) in [6, 6.07) is 0.259. The van der Waals surface area contributed by atoms with Crippen molar-refractivity contribution in [3.8, 4) is 0 Å². The smallest absolute Gasteiger partial charge is 0.227 e. The average Bonchev–Trinajstić information content (AvgIpc) is 2.85. The van der Waals surface area contributed by atoms with Gasteiger partial charge in [0.05, 0.1) is 0 Å². The second-order valence-electron chi connectivity index (χ2n) is 5.34. The molecule has 20 heavy (non-hydrogen) atoms. The number of halogens is 1. The van der Waals surface area contributed by atoms with Gasteiger partial charge in [0.15, 0.2) is 5.82 Å². The van der Waals surface area contributed by atoms with E-state index >= 15 is 0 Å². The van der Waals surface area contributed by atoms with Crippen molar-refractivity contribution in [1.82, 2.24) is 20.4 Å². The number of aromatic nitrogens is 2. The summed E-state index contributed by atoms with van der Waals surface area (Å²) in [4.78, 5) is 18.3. The van der Waals surface area contributed by atoms with E-state index in [2.05, 4.69) is 22.4 Å². The highest BCUT2D eigenvalue weighted by Gasteiger charge is 2.23. The van der Waals surface area contributed by atoms with Gasteiger partial charge in [0.2, 0.25) is 11.8 Å². The molecule has 1 atom stereocenters. The summed E-state index contributed by atoms with van der Waals surface area (Å²) in [5, 5.41) is 7.17. The lowest BCUT2D eigenvalue weighted by atomic mass is 10.2. The fraction of sp³-hybridized carbons (Fsp3) is 0.769. The lowest BCUT2D eigenvalue weighted by Crippen LogP contribution is -2.52. The topological polar surface area (TPSA) is 71.3 Å². The second kappa shape index (κ2) is 7.59. The van der Waals surface area contributed by atoms with Crippen molar-refractivity contribution in [2.24, 2.45) is 0 Å². The fourth-order valence-corrected chi connectivity index (χ4v) is 2.17. The molecule has 1 aromatic rings. The van der Waals surface area contributed by atoms with Gasteiger partial charge in [-0.1, -0.05) is 19.0 Å². The Balaban J connectivity index is 0.00000200. The van der Waals surface area contributed by atoms with Crippen LogP contribution < -0.4 is 5.32 Å². The van der Waals surface area contributed by atoms with Crippen molar-refractivity contribution in [3.05, 3.63) is 11.7 Å². The Bertz CT molecular complexity index is 436. The number of rotatable bonds is 4. The van der Waals surface area contributed by atoms with Crippen LogP contribution in [0.1, 0.15) is 44.8 Å². The number of piperazine rings is 1. The minimum absolute atomic E-state index is 0. The predicted molar refractivity (Wildman–Crippen MR) is 78.0 cm³/mol. The molecule has 1 N–H and O–H groups in total. The molecule has 0 spiro atoms. The first kappa shape index (κ1) is 16.9. The van der Waals surface area contributed by atoms with Gasteiger partial charge in [-0.05, 0) is 6.92 Å². The van der Waals surface area contributed by atoms with Gasteiger partial charge in [-0.2, -0.15) is 4.98 Å². The zero-order valence-corrected chi connectivity index (χ0v) is 13.1. The van der Waals surface area contributed by atoms with E-state index in [0.717, 1.165) is 19.6 Å². The highest BCUT2D eigenvalue weighted by atomic mass is 35.5. The Morgan fingerprint density at radius 1 is 1.55 bits per heavy atom. The highest BCUT2D eigenvalue weighted by Crippen LogP contribution is 2.12. The van der Waals surface area contributed by atoms with Gasteiger partial charge in [-0.15, -0.1) is 12.4 Å². The van der Waals surface area contributed by atoms with Crippen molar-refractivity contribution >= 4 is 18.3 Å². The van der Waals surface area contributed by atoms with Crippen LogP contribution >= 0.6 is 12.4 Å². The minimum atomic E-state index is 0. The first-order valence-corrected chi connectivity index (χ1v) is 6.90. The van der Waals surface area contributed by atoms with Crippen LogP contribution in [0.3, 0.4) is 0 Å². The highest BCUT2D eigenvalue weighted by molar-refractivity contribution is 5.85. The number of amides is 1. The molecule has 0 saturated carbocycles. The van der Waals surface area contributed by atoms with Gasteiger partial charge in [0.25, 0.3) is 0 Å². The summed E-state index contributed by atoms with van der Waals surface area (Å²) >= 11 is 0. The van der Waals surface area contributed by atoms with E-state index in [1.165, 1.54) is 0 Å². The van der Waals surface area contributed by atoms with Gasteiger partial charge >= 0.3 is 0 Å². The SMILES string of the molecule is CC(C)c1noc(CCC(=O)N2CCNCC2C)n1.Cl. The molecular formula is C13H23ClN4O2. The van der Waals surface area contributed by atoms with Crippen molar-refractivity contribution in [3.63, 3.8) is 0 Å². The largest absolute Gasteiger partial charge is 0.339 e. The summed E-state index contributed by atoms with van der Waals surface area (Å²) < 4.78 is 5.15. The molecular weight excluding hydrogens is 280 g/mol. The number of nitrogens with zero attached hydrogens (tertiary/aromatic N) is 3. The average molecular weight is 303 g/mol. The number of hydrogen-bond donors (Lipinski definition) is 1. The summed E-state index contributed by atoms with van der Waals surface area (Å²) in [7, 11) is 0. The number of carbonyl (C=O) groups excluding carboxylic acids is 1. The Morgan fingerprint density at radius 2 is 2.30 bits per heavy atom. The maximum Gasteiger partial charge on any atom is 0.227 e. The summed E-state index contributed by atoms with van der Waals surface area (Å²) in [6.45, 7) is 8.61. The van der Waals surface area contributed by atoms with E-state index in [9.17, 15) is 4.79 Å². The lowest BCUT2D eigenvalue weighted by Gasteiger charge is -2.34. The molecule has 2 heterocycles. The molecule has 0 aliphatic carbocycles. The summed E-state index contributed by atoms with van der Waals surface area (Å²) in [6.07, 6.45) is 0.958. The zero-order chi connectivity index (χ0) is 13.8. The molecule has 0 aromatic carbocycles. The number of nitrogens with one attached hydrogen (secondary N) is 1. The van der Waals surface area contributed by atoms with Gasteiger partial charge in [-0.3, -0.25) is 4.79 Å². The second-order valence-corrected chi connectivity index (χ2v) is 5.34. The maximum atomic E-state index is 12.1. The van der Waals surface area contributed by atoms with Crippen LogP contribution in [0.15, 0.2) is 4.52 Å². The van der Waals surface area contributed by atoms with E-state index in [0.29, 0.717) is 24.6 Å². The molecule has 1 aliphatic heterocycles. The molecule has 0 radical (unpaired) electrons. The number of aryl methyl sites for hydroxylation is 1. The van der Waals surface area contributed by atoms with Gasteiger partial charge in [0, 0.05) is 44.4 Å². The van der Waals surface area contributed by atoms with Crippen LogP contribution in [-0.2, 0) is 11.2 Å². The first-order chi connectivity index (χ1) is 9.08. The predicted octanol–water partition coefficient (Wildman–Crippen LogP) is 1.37. The third-order valence-electron chi connectivity index (χ3n) is 3.37. The van der Waals surface area contributed by atoms with E-state index in [-0.39, 0.29) is 30.3 Å². The lowest BCUT2D eigenvalue weighted by molar-refractivity contribution is -0.134. The third kappa shape index (κ3) is 4.18. The Kier molecular flexibility index (Phi) is 6.42. The van der Waals surface area contributed by atoms with Crippen LogP contribution in [0.25, 0.3) is 0 Å². The summed E-state index contributed by atoms with van der Waals surface area (Å²) in [5.41, 5.74) is 0. The number of carbonyl (C=O) groups is 1. The third-order valence-corrected chi connectivity index (χ3v) is 3.37. The molecule has 1 unspecified atom stereocenters. The molecule has 7 heteroatoms. The fourth-order valence-electron chi connectivity index (χ4n) is 2.17. The van der Waals surface area contributed by atoms with Gasteiger partial charge < -0.3 is 14.7 Å². The molecule has 6 nitrogen and oxygen atoms in total. The van der Waals surface area contributed by atoms with Gasteiger partial charge in [-0.25, -0.2) is 0 Å². The normalized spacial score (nSPS) is 19.0. The van der Waals surface area contributed by atoms with Crippen LogP contribution in [0, 0.1) is 0 Å². The monoisotopic (exact) mass is 302 g/mol. The van der Waals surface area contributed by atoms with Crippen LogP contribution in [0.4, 0.5) is 0 Å². The van der Waals surface area contributed by atoms with Crippen LogP contribution in [-0.4, -0.2) is 46.6 Å². The molecule has 0 bridgehead atoms. The molecule has 114 valence electrons. The molecule has 1 amide bonds. The molecule has 2 rings (SSSR count). The van der Waals surface area contributed by atoms with Crippen molar-refractivity contribution < 1.29 is 9.32 Å². The molecule has 1 aromatic heterocycles. The maximum absolute atomic E-state index is 12.1. The van der Waals surface area contributed by atoms with E-state index < -0.39 is 0 Å². The molecule has 1 fully saturated rings.